The lowest BCUT2D eigenvalue weighted by Gasteiger charge is -2.35. The number of aromatic nitrogens is 1. The van der Waals surface area contributed by atoms with Crippen molar-refractivity contribution in [2.24, 2.45) is 5.92 Å². The van der Waals surface area contributed by atoms with Crippen LogP contribution in [-0.2, 0) is 10.8 Å². The zero-order valence-corrected chi connectivity index (χ0v) is 67.4. The highest BCUT2D eigenvalue weighted by molar-refractivity contribution is 6.10. The maximum atomic E-state index is 2.56. The average Bonchev–Trinajstić information content (AvgIpc) is 1.57. The summed E-state index contributed by atoms with van der Waals surface area (Å²) in [6.45, 7) is 9.73. The van der Waals surface area contributed by atoms with Crippen molar-refractivity contribution in [1.82, 2.24) is 4.57 Å². The first-order chi connectivity index (χ1) is 59.0. The van der Waals surface area contributed by atoms with E-state index >= 15 is 0 Å². The Labute approximate surface area is 701 Å². The molecular weight excluding hydrogens is 1450 g/mol. The third kappa shape index (κ3) is 12.1. The molecule has 22 rings (SSSR count). The number of hydrogen-bond acceptors (Lipinski definition) is 5. The molecule has 1 heterocycles. The van der Waals surface area contributed by atoms with E-state index < -0.39 is 0 Å². The van der Waals surface area contributed by atoms with Gasteiger partial charge in [0, 0.05) is 112 Å². The van der Waals surface area contributed by atoms with E-state index in [0.29, 0.717) is 0 Å². The molecule has 0 bridgehead atoms. The highest BCUT2D eigenvalue weighted by Gasteiger charge is 2.46. The number of allylic oxidation sites excluding steroid dienone is 3. The summed E-state index contributed by atoms with van der Waals surface area (Å²) in [5.74, 6) is 0.321. The Morgan fingerprint density at radius 3 is 1.14 bits per heavy atom. The molecule has 19 aromatic rings. The molecule has 1 aromatic heterocycles. The second kappa shape index (κ2) is 29.0. The molecule has 0 fully saturated rings. The lowest BCUT2D eigenvalue weighted by atomic mass is 9.74. The van der Waals surface area contributed by atoms with Crippen molar-refractivity contribution in [2.75, 3.05) is 24.5 Å². The van der Waals surface area contributed by atoms with Gasteiger partial charge < -0.3 is 29.1 Å². The summed E-state index contributed by atoms with van der Waals surface area (Å²) in [6.07, 6.45) is 7.41. The van der Waals surface area contributed by atoms with Crippen molar-refractivity contribution in [3.8, 4) is 27.9 Å². The first kappa shape index (κ1) is 71.6. The fourth-order valence-electron chi connectivity index (χ4n) is 19.9. The summed E-state index contributed by atoms with van der Waals surface area (Å²) in [7, 11) is 0. The first-order valence-electron chi connectivity index (χ1n) is 41.9. The third-order valence-corrected chi connectivity index (χ3v) is 25.8. The van der Waals surface area contributed by atoms with Crippen LogP contribution in [0.3, 0.4) is 0 Å². The zero-order valence-electron chi connectivity index (χ0n) is 67.4. The zero-order chi connectivity index (χ0) is 80.2. The van der Waals surface area contributed by atoms with Gasteiger partial charge >= 0.3 is 0 Å². The van der Waals surface area contributed by atoms with E-state index in [9.17, 15) is 0 Å². The molecule has 6 nitrogen and oxygen atoms in total. The van der Waals surface area contributed by atoms with Crippen LogP contribution in [0, 0.1) is 5.92 Å². The second-order valence-electron chi connectivity index (χ2n) is 33.3. The molecule has 3 aliphatic carbocycles. The van der Waals surface area contributed by atoms with E-state index in [1.54, 1.807) is 0 Å². The van der Waals surface area contributed by atoms with E-state index in [4.69, 9.17) is 0 Å². The summed E-state index contributed by atoms with van der Waals surface area (Å²) in [5.41, 5.74) is 29.6. The van der Waals surface area contributed by atoms with Crippen molar-refractivity contribution in [3.05, 3.63) is 465 Å². The van der Waals surface area contributed by atoms with Crippen LogP contribution in [0.25, 0.3) is 82.1 Å². The highest BCUT2D eigenvalue weighted by Crippen LogP contribution is 2.58. The maximum absolute atomic E-state index is 2.56. The number of hydrogen-bond donors (Lipinski definition) is 0. The largest absolute Gasteiger partial charge is 0.311 e. The molecule has 572 valence electrons. The van der Waals surface area contributed by atoms with Crippen LogP contribution < -0.4 is 24.5 Å². The maximum Gasteiger partial charge on any atom is 0.0541 e. The molecule has 0 saturated carbocycles. The van der Waals surface area contributed by atoms with Crippen molar-refractivity contribution in [1.29, 1.82) is 0 Å². The lowest BCUT2D eigenvalue weighted by molar-refractivity contribution is 0.392. The number of nitrogens with zero attached hydrogens (tertiary/aromatic N) is 6. The number of fused-ring (bicyclic) bond motifs is 12. The molecule has 0 N–H and O–H groups in total. The Morgan fingerprint density at radius 1 is 0.258 bits per heavy atom. The Morgan fingerprint density at radius 2 is 0.617 bits per heavy atom. The summed E-state index contributed by atoms with van der Waals surface area (Å²) in [5, 5.41) is 9.70. The molecule has 0 spiro atoms. The minimum absolute atomic E-state index is 0.154. The Bertz CT molecular complexity index is 7170. The number of benzene rings is 18. The van der Waals surface area contributed by atoms with Crippen LogP contribution in [-0.4, -0.2) is 4.57 Å². The molecule has 2 atom stereocenters. The van der Waals surface area contributed by atoms with E-state index in [1.165, 1.54) is 93.2 Å². The molecule has 0 aliphatic heterocycles. The van der Waals surface area contributed by atoms with Crippen molar-refractivity contribution >= 4 is 134 Å². The molecule has 3 aliphatic rings. The van der Waals surface area contributed by atoms with Gasteiger partial charge in [0.15, 0.2) is 0 Å². The summed E-state index contributed by atoms with van der Waals surface area (Å²) < 4.78 is 2.44. The molecule has 0 amide bonds. The minimum Gasteiger partial charge on any atom is -0.311 e. The van der Waals surface area contributed by atoms with Gasteiger partial charge in [0.25, 0.3) is 0 Å². The number of rotatable bonds is 17. The molecular formula is C114H86N6. The average molecular weight is 1540 g/mol. The topological polar surface area (TPSA) is 21.1 Å². The quantitative estimate of drug-likeness (QED) is 0.0903. The smallest absolute Gasteiger partial charge is 0.0541 e. The Kier molecular flexibility index (Phi) is 17.3. The van der Waals surface area contributed by atoms with Crippen LogP contribution in [0.15, 0.2) is 443 Å². The van der Waals surface area contributed by atoms with Gasteiger partial charge in [-0.15, -0.1) is 0 Å². The van der Waals surface area contributed by atoms with Gasteiger partial charge in [-0.3, -0.25) is 0 Å². The fraction of sp³-hybridized carbons (Fsp3) is 0.0702. The Hall–Kier alpha value is -15.0. The highest BCUT2D eigenvalue weighted by atomic mass is 15.2. The normalized spacial score (nSPS) is 14.7. The summed E-state index contributed by atoms with van der Waals surface area (Å²) >= 11 is 0. The number of para-hydroxylation sites is 5. The van der Waals surface area contributed by atoms with Crippen LogP contribution in [0.4, 0.5) is 79.6 Å². The molecule has 120 heavy (non-hydrogen) atoms. The summed E-state index contributed by atoms with van der Waals surface area (Å²) in [4.78, 5) is 12.2. The lowest BCUT2D eigenvalue weighted by Crippen LogP contribution is -2.28. The minimum atomic E-state index is -0.299. The molecule has 6 heteroatoms. The van der Waals surface area contributed by atoms with E-state index in [2.05, 4.69) is 494 Å². The van der Waals surface area contributed by atoms with Crippen molar-refractivity contribution in [3.63, 3.8) is 0 Å². The van der Waals surface area contributed by atoms with Gasteiger partial charge in [-0.05, 0) is 254 Å². The van der Waals surface area contributed by atoms with Crippen LogP contribution in [0.2, 0.25) is 0 Å². The summed E-state index contributed by atoms with van der Waals surface area (Å²) in [6, 6.07) is 154. The van der Waals surface area contributed by atoms with Crippen LogP contribution >= 0.6 is 0 Å². The SMILES string of the molecule is CC1(C)c2cc(N(c3ccc(-c4cccc(N(c5ccc(N(c6ccccc6)c6cccc7ccccc67)cc5)c5ccc6c(c5)C(C)(C)C5C=C(N(c7ccccc7)c7ccc(N(c8ccccc8)c8cccc9ccccc89)cc7)C=CC65)c4)cc3)c3cccc4ccccc34)ccc2-c2ccc(-n3c4ccccc4c4ccccc43)cc21. The molecule has 18 aromatic carbocycles. The standard InChI is InChI=1S/C114H86N6/c1-113(2)104-73-91(115(82-35-8-5-9-36-82)85-56-60-88(61-57-85)117(83-37-10-6-11-38-83)108-49-25-31-78-28-14-17-42-95(78)108)64-68-98(104)99-69-65-92(74-105(99)113)116(86-58-62-89(63-59-86)118(84-39-12-7-13-40-84)109-50-26-32-79-29-15-18-43-96(79)109)90-41-24-34-81(72-90)77-52-54-87(55-53-77)119(110-51-27-33-80-30-16-19-44-97(80)110)93-66-70-100-101-71-67-94(76-107(101)114(3,4)106(100)75-93)120-111-47-22-20-45-102(111)103-46-21-23-48-112(103)120/h5-76,98,104H,1-4H3. The van der Waals surface area contributed by atoms with Gasteiger partial charge in [0.05, 0.1) is 28.1 Å². The first-order valence-corrected chi connectivity index (χ1v) is 41.9. The van der Waals surface area contributed by atoms with Gasteiger partial charge in [-0.2, -0.15) is 0 Å². The second-order valence-corrected chi connectivity index (χ2v) is 33.3. The molecule has 2 unspecified atom stereocenters. The van der Waals surface area contributed by atoms with Crippen LogP contribution in [0.1, 0.15) is 55.9 Å². The molecule has 0 radical (unpaired) electrons. The van der Waals surface area contributed by atoms with Gasteiger partial charge in [0.2, 0.25) is 0 Å². The number of anilines is 14. The van der Waals surface area contributed by atoms with Crippen LogP contribution in [0.5, 0.6) is 0 Å². The predicted octanol–water partition coefficient (Wildman–Crippen LogP) is 31.4. The van der Waals surface area contributed by atoms with Gasteiger partial charge in [-0.25, -0.2) is 0 Å². The predicted molar refractivity (Wildman–Crippen MR) is 507 cm³/mol. The Balaban J connectivity index is 0.625. The van der Waals surface area contributed by atoms with Gasteiger partial charge in [-0.1, -0.05) is 283 Å². The monoisotopic (exact) mass is 1540 g/mol. The van der Waals surface area contributed by atoms with E-state index in [0.717, 1.165) is 96.4 Å². The third-order valence-electron chi connectivity index (χ3n) is 25.8. The van der Waals surface area contributed by atoms with Crippen molar-refractivity contribution < 1.29 is 0 Å². The molecule has 0 saturated heterocycles. The van der Waals surface area contributed by atoms with E-state index in [1.807, 2.05) is 0 Å². The van der Waals surface area contributed by atoms with Crippen molar-refractivity contribution in [2.45, 2.75) is 44.4 Å². The van der Waals surface area contributed by atoms with E-state index in [-0.39, 0.29) is 22.7 Å². The van der Waals surface area contributed by atoms with Gasteiger partial charge in [0.1, 0.15) is 0 Å². The fourth-order valence-corrected chi connectivity index (χ4v) is 19.9.